The number of hydrogen-bond donors (Lipinski definition) is 2. The highest BCUT2D eigenvalue weighted by Crippen LogP contribution is 2.41. The van der Waals surface area contributed by atoms with E-state index >= 15 is 0 Å². The van der Waals surface area contributed by atoms with Crippen molar-refractivity contribution in [3.8, 4) is 11.5 Å². The minimum Gasteiger partial charge on any atom is -0.493 e. The van der Waals surface area contributed by atoms with Gasteiger partial charge in [-0.3, -0.25) is 0 Å². The Morgan fingerprint density at radius 1 is 1.11 bits per heavy atom. The minimum absolute atomic E-state index is 0.0309. The van der Waals surface area contributed by atoms with Crippen LogP contribution in [0.2, 0.25) is 5.02 Å². The number of rotatable bonds is 8. The van der Waals surface area contributed by atoms with E-state index < -0.39 is 0 Å². The summed E-state index contributed by atoms with van der Waals surface area (Å²) >= 11 is 5.97. The van der Waals surface area contributed by atoms with Crippen molar-refractivity contribution < 1.29 is 14.3 Å². The van der Waals surface area contributed by atoms with E-state index in [1.54, 1.807) is 14.2 Å². The highest BCUT2D eigenvalue weighted by atomic mass is 35.5. The van der Waals surface area contributed by atoms with E-state index in [0.29, 0.717) is 35.4 Å². The molecule has 2 aromatic rings. The smallest absolute Gasteiger partial charge is 0.315 e. The van der Waals surface area contributed by atoms with Gasteiger partial charge in [-0.05, 0) is 60.6 Å². The Labute approximate surface area is 165 Å². The fraction of sp³-hybridized carbons (Fsp3) is 0.381. The predicted molar refractivity (Wildman–Crippen MR) is 107 cm³/mol. The molecule has 27 heavy (non-hydrogen) atoms. The number of benzene rings is 2. The zero-order chi connectivity index (χ0) is 19.2. The van der Waals surface area contributed by atoms with E-state index in [1.807, 2.05) is 42.5 Å². The minimum atomic E-state index is -0.151. The number of carbonyl (C=O) groups is 1. The third-order valence-corrected chi connectivity index (χ3v) is 5.01. The second-order valence-electron chi connectivity index (χ2n) is 6.71. The molecule has 0 aliphatic heterocycles. The van der Waals surface area contributed by atoms with Gasteiger partial charge < -0.3 is 20.1 Å². The standard InChI is InChI=1S/C21H25ClN2O3/c1-26-18-10-3-14(13-19(18)27-2)11-12-23-21(25)24-20(15-4-5-15)16-6-8-17(22)9-7-16/h3,6-10,13,15,20H,4-5,11-12H2,1-2H3,(H2,23,24,25). The zero-order valence-electron chi connectivity index (χ0n) is 15.6. The maximum absolute atomic E-state index is 12.3. The summed E-state index contributed by atoms with van der Waals surface area (Å²) < 4.78 is 10.6. The van der Waals surface area contributed by atoms with Gasteiger partial charge in [-0.25, -0.2) is 4.79 Å². The lowest BCUT2D eigenvalue weighted by molar-refractivity contribution is 0.235. The number of nitrogens with one attached hydrogen (secondary N) is 2. The molecule has 0 saturated heterocycles. The van der Waals surface area contributed by atoms with Crippen LogP contribution in [0, 0.1) is 5.92 Å². The maximum atomic E-state index is 12.3. The van der Waals surface area contributed by atoms with Gasteiger partial charge in [0.25, 0.3) is 0 Å². The average molecular weight is 389 g/mol. The molecule has 1 saturated carbocycles. The first-order valence-corrected chi connectivity index (χ1v) is 9.49. The first kappa shape index (κ1) is 19.4. The van der Waals surface area contributed by atoms with E-state index in [0.717, 1.165) is 24.0 Å². The van der Waals surface area contributed by atoms with E-state index in [2.05, 4.69) is 10.6 Å². The molecule has 0 radical (unpaired) electrons. The molecule has 2 aromatic carbocycles. The fourth-order valence-corrected chi connectivity index (χ4v) is 3.25. The SMILES string of the molecule is COc1ccc(CCNC(=O)NC(c2ccc(Cl)cc2)C2CC2)cc1OC. The van der Waals surface area contributed by atoms with Crippen LogP contribution in [0.1, 0.15) is 30.0 Å². The Balaban J connectivity index is 1.52. The maximum Gasteiger partial charge on any atom is 0.315 e. The van der Waals surface area contributed by atoms with Crippen molar-refractivity contribution in [3.63, 3.8) is 0 Å². The number of carbonyl (C=O) groups excluding carboxylic acids is 1. The van der Waals surface area contributed by atoms with Crippen molar-refractivity contribution in [3.05, 3.63) is 58.6 Å². The van der Waals surface area contributed by atoms with Crippen molar-refractivity contribution in [2.24, 2.45) is 5.92 Å². The molecule has 0 heterocycles. The Morgan fingerprint density at radius 2 is 1.81 bits per heavy atom. The summed E-state index contributed by atoms with van der Waals surface area (Å²) in [6, 6.07) is 13.3. The van der Waals surface area contributed by atoms with Gasteiger partial charge in [0.2, 0.25) is 0 Å². The Kier molecular flexibility index (Phi) is 6.45. The van der Waals surface area contributed by atoms with Gasteiger partial charge in [-0.2, -0.15) is 0 Å². The summed E-state index contributed by atoms with van der Waals surface area (Å²) in [5.74, 6) is 1.89. The first-order chi connectivity index (χ1) is 13.1. The van der Waals surface area contributed by atoms with Crippen LogP contribution in [0.4, 0.5) is 4.79 Å². The molecule has 2 N–H and O–H groups in total. The second-order valence-corrected chi connectivity index (χ2v) is 7.14. The lowest BCUT2D eigenvalue weighted by Gasteiger charge is -2.19. The van der Waals surface area contributed by atoms with Crippen molar-refractivity contribution >= 4 is 17.6 Å². The van der Waals surface area contributed by atoms with Crippen LogP contribution < -0.4 is 20.1 Å². The quantitative estimate of drug-likeness (QED) is 0.706. The molecular formula is C21H25ClN2O3. The lowest BCUT2D eigenvalue weighted by Crippen LogP contribution is -2.39. The Hall–Kier alpha value is -2.40. The van der Waals surface area contributed by atoms with Crippen molar-refractivity contribution in [1.29, 1.82) is 0 Å². The van der Waals surface area contributed by atoms with E-state index in [1.165, 1.54) is 0 Å². The van der Waals surface area contributed by atoms with Crippen molar-refractivity contribution in [2.75, 3.05) is 20.8 Å². The van der Waals surface area contributed by atoms with Crippen molar-refractivity contribution in [2.45, 2.75) is 25.3 Å². The fourth-order valence-electron chi connectivity index (χ4n) is 3.12. The number of methoxy groups -OCH3 is 2. The van der Waals surface area contributed by atoms with Crippen LogP contribution in [0.15, 0.2) is 42.5 Å². The van der Waals surface area contributed by atoms with Gasteiger partial charge >= 0.3 is 6.03 Å². The summed E-state index contributed by atoms with van der Waals surface area (Å²) in [5, 5.41) is 6.75. The first-order valence-electron chi connectivity index (χ1n) is 9.11. The zero-order valence-corrected chi connectivity index (χ0v) is 16.4. The van der Waals surface area contributed by atoms with Gasteiger partial charge in [-0.15, -0.1) is 0 Å². The molecule has 1 aliphatic carbocycles. The average Bonchev–Trinajstić information content (AvgIpc) is 3.52. The van der Waals surface area contributed by atoms with Gasteiger partial charge in [0, 0.05) is 11.6 Å². The van der Waals surface area contributed by atoms with Gasteiger partial charge in [-0.1, -0.05) is 29.8 Å². The van der Waals surface area contributed by atoms with E-state index in [9.17, 15) is 4.79 Å². The number of amides is 2. The van der Waals surface area contributed by atoms with Gasteiger partial charge in [0.05, 0.1) is 20.3 Å². The number of hydrogen-bond acceptors (Lipinski definition) is 3. The van der Waals surface area contributed by atoms with Crippen LogP contribution in [0.3, 0.4) is 0 Å². The number of ether oxygens (including phenoxy) is 2. The van der Waals surface area contributed by atoms with Crippen LogP contribution in [0.5, 0.6) is 11.5 Å². The summed E-state index contributed by atoms with van der Waals surface area (Å²) in [6.45, 7) is 0.541. The van der Waals surface area contributed by atoms with Gasteiger partial charge in [0.1, 0.15) is 0 Å². The molecule has 0 aromatic heterocycles. The molecule has 0 bridgehead atoms. The lowest BCUT2D eigenvalue weighted by atomic mass is 10.0. The molecule has 0 spiro atoms. The highest BCUT2D eigenvalue weighted by Gasteiger charge is 2.33. The molecule has 1 atom stereocenters. The van der Waals surface area contributed by atoms with Crippen LogP contribution in [0.25, 0.3) is 0 Å². The molecule has 1 fully saturated rings. The molecule has 144 valence electrons. The Morgan fingerprint density at radius 3 is 2.44 bits per heavy atom. The summed E-state index contributed by atoms with van der Waals surface area (Å²) in [4.78, 5) is 12.3. The van der Waals surface area contributed by atoms with Crippen LogP contribution in [-0.4, -0.2) is 26.8 Å². The third-order valence-electron chi connectivity index (χ3n) is 4.76. The molecule has 1 aliphatic rings. The van der Waals surface area contributed by atoms with Crippen molar-refractivity contribution in [1.82, 2.24) is 10.6 Å². The molecular weight excluding hydrogens is 364 g/mol. The summed E-state index contributed by atoms with van der Waals surface area (Å²) in [5.41, 5.74) is 2.17. The number of urea groups is 1. The summed E-state index contributed by atoms with van der Waals surface area (Å²) in [7, 11) is 3.22. The number of halogens is 1. The molecule has 3 rings (SSSR count). The predicted octanol–water partition coefficient (Wildman–Crippen LogP) is 4.35. The topological polar surface area (TPSA) is 59.6 Å². The Bertz CT molecular complexity index is 775. The van der Waals surface area contributed by atoms with E-state index in [4.69, 9.17) is 21.1 Å². The third kappa shape index (κ3) is 5.30. The van der Waals surface area contributed by atoms with Gasteiger partial charge in [0.15, 0.2) is 11.5 Å². The largest absolute Gasteiger partial charge is 0.493 e. The second kappa shape index (κ2) is 9.00. The normalized spacial score (nSPS) is 14.3. The molecule has 6 heteroatoms. The molecule has 1 unspecified atom stereocenters. The van der Waals surface area contributed by atoms with Crippen LogP contribution in [-0.2, 0) is 6.42 Å². The molecule has 5 nitrogen and oxygen atoms in total. The summed E-state index contributed by atoms with van der Waals surface area (Å²) in [6.07, 6.45) is 2.99. The monoisotopic (exact) mass is 388 g/mol. The molecule has 2 amide bonds. The van der Waals surface area contributed by atoms with Crippen LogP contribution >= 0.6 is 11.6 Å². The highest BCUT2D eigenvalue weighted by molar-refractivity contribution is 6.30. The van der Waals surface area contributed by atoms with E-state index in [-0.39, 0.29) is 12.1 Å².